The van der Waals surface area contributed by atoms with Crippen LogP contribution in [0.2, 0.25) is 0 Å². The Bertz CT molecular complexity index is 1120. The molecule has 0 spiro atoms. The molecular formula is C72H162N2O12. The van der Waals surface area contributed by atoms with E-state index in [1.54, 1.807) is 7.11 Å². The van der Waals surface area contributed by atoms with E-state index < -0.39 is 0 Å². The molecule has 1 amide bonds. The summed E-state index contributed by atoms with van der Waals surface area (Å²) in [5, 5.41) is 15.3. The molecule has 0 fully saturated rings. The van der Waals surface area contributed by atoms with Crippen molar-refractivity contribution in [2.45, 2.75) is 348 Å². The lowest BCUT2D eigenvalue weighted by Gasteiger charge is -2.20. The molecule has 2 unspecified atom stereocenters. The van der Waals surface area contributed by atoms with Crippen molar-refractivity contribution < 1.29 is 57.3 Å². The molecule has 0 heterocycles. The predicted molar refractivity (Wildman–Crippen MR) is 375 cm³/mol. The third kappa shape index (κ3) is 136. The first kappa shape index (κ1) is 104. The van der Waals surface area contributed by atoms with Gasteiger partial charge in [-0.3, -0.25) is 0 Å². The van der Waals surface area contributed by atoms with Gasteiger partial charge in [0.2, 0.25) is 0 Å². The van der Waals surface area contributed by atoms with Gasteiger partial charge in [-0.1, -0.05) is 125 Å². The monoisotopic (exact) mass is 1250 g/mol. The van der Waals surface area contributed by atoms with Gasteiger partial charge in [0.1, 0.15) is 0 Å². The molecule has 3 N–H and O–H groups in total. The minimum Gasteiger partial charge on any atom is -0.449 e. The van der Waals surface area contributed by atoms with E-state index in [0.29, 0.717) is 111 Å². The molecule has 532 valence electrons. The Balaban J connectivity index is -0.000000112. The lowest BCUT2D eigenvalue weighted by molar-refractivity contribution is -0.0348. The predicted octanol–water partition coefficient (Wildman–Crippen LogP) is 18.6. The van der Waals surface area contributed by atoms with Crippen molar-refractivity contribution in [2.75, 3.05) is 73.1 Å². The Morgan fingerprint density at radius 3 is 0.919 bits per heavy atom. The van der Waals surface area contributed by atoms with E-state index in [4.69, 9.17) is 47.4 Å². The molecule has 0 aromatic rings. The summed E-state index contributed by atoms with van der Waals surface area (Å²) in [6.45, 7) is 82.9. The minimum atomic E-state index is -0.340. The van der Waals surface area contributed by atoms with Gasteiger partial charge >= 0.3 is 6.09 Å². The summed E-state index contributed by atoms with van der Waals surface area (Å²) in [5.41, 5.74) is 0. The van der Waals surface area contributed by atoms with Crippen molar-refractivity contribution in [1.29, 1.82) is 0 Å². The summed E-state index contributed by atoms with van der Waals surface area (Å²) in [6, 6.07) is 0.642. The van der Waals surface area contributed by atoms with Crippen LogP contribution in [-0.2, 0) is 47.4 Å². The first-order valence-corrected chi connectivity index (χ1v) is 34.2. The highest BCUT2D eigenvalue weighted by Gasteiger charge is 2.13. The Labute approximate surface area is 540 Å². The molecule has 0 aliphatic heterocycles. The maximum Gasteiger partial charge on any atom is 0.407 e. The molecule has 2 atom stereocenters. The Morgan fingerprint density at radius 1 is 0.349 bits per heavy atom. The van der Waals surface area contributed by atoms with Gasteiger partial charge < -0.3 is 63.1 Å². The average molecular weight is 1250 g/mol. The normalized spacial score (nSPS) is 12.0. The summed E-state index contributed by atoms with van der Waals surface area (Å²) < 4.78 is 52.7. The van der Waals surface area contributed by atoms with Crippen LogP contribution in [0.3, 0.4) is 0 Å². The molecule has 0 rings (SSSR count). The lowest BCUT2D eigenvalue weighted by Crippen LogP contribution is -2.27. The molecule has 86 heavy (non-hydrogen) atoms. The fraction of sp³-hybridized carbons (Fsp3) is 0.986. The maximum absolute atomic E-state index is 11.1. The molecule has 0 bridgehead atoms. The van der Waals surface area contributed by atoms with Crippen LogP contribution in [0.1, 0.15) is 275 Å². The summed E-state index contributed by atoms with van der Waals surface area (Å²) in [7, 11) is 1.73. The Hall–Kier alpha value is -1.17. The smallest absolute Gasteiger partial charge is 0.407 e. The van der Waals surface area contributed by atoms with Gasteiger partial charge in [0.25, 0.3) is 0 Å². The van der Waals surface area contributed by atoms with Gasteiger partial charge in [0, 0.05) is 52.7 Å². The first-order valence-electron chi connectivity index (χ1n) is 34.2. The van der Waals surface area contributed by atoms with Crippen LogP contribution < -0.4 is 10.6 Å². The van der Waals surface area contributed by atoms with Gasteiger partial charge in [0.15, 0.2) is 0 Å². The van der Waals surface area contributed by atoms with Crippen LogP contribution in [0.15, 0.2) is 0 Å². The van der Waals surface area contributed by atoms with E-state index in [0.717, 1.165) is 57.1 Å². The quantitative estimate of drug-likeness (QED) is 0.0511. The molecular weight excluding hydrogens is 1080 g/mol. The summed E-state index contributed by atoms with van der Waals surface area (Å²) in [6.07, 6.45) is 7.11. The molecule has 0 aromatic heterocycles. The third-order valence-corrected chi connectivity index (χ3v) is 10.2. The number of hydrogen-bond acceptors (Lipinski definition) is 13. The minimum absolute atomic E-state index is 0.216. The second kappa shape index (κ2) is 74.6. The molecule has 0 saturated carbocycles. The highest BCUT2D eigenvalue weighted by atomic mass is 16.6. The molecule has 14 nitrogen and oxygen atoms in total. The highest BCUT2D eigenvalue weighted by molar-refractivity contribution is 5.67. The fourth-order valence-corrected chi connectivity index (χ4v) is 5.23. The first-order chi connectivity index (χ1) is 39.4. The number of carbonyl (C=O) groups is 1. The van der Waals surface area contributed by atoms with Gasteiger partial charge in [-0.25, -0.2) is 4.79 Å². The fourth-order valence-electron chi connectivity index (χ4n) is 5.23. The van der Waals surface area contributed by atoms with Crippen LogP contribution in [0.5, 0.6) is 0 Å². The number of hydrogen-bond donors (Lipinski definition) is 3. The zero-order valence-corrected chi connectivity index (χ0v) is 64.9. The lowest BCUT2D eigenvalue weighted by atomic mass is 10.1. The molecule has 0 radical (unpaired) electrons. The van der Waals surface area contributed by atoms with Crippen LogP contribution in [0.25, 0.3) is 0 Å². The largest absolute Gasteiger partial charge is 0.449 e. The number of alkyl carbamates (subject to hydrolysis) is 1. The molecule has 14 heteroatoms. The van der Waals surface area contributed by atoms with E-state index in [9.17, 15) is 9.90 Å². The number of ether oxygens (including phenoxy) is 10. The van der Waals surface area contributed by atoms with Crippen molar-refractivity contribution >= 4 is 6.09 Å². The van der Waals surface area contributed by atoms with E-state index in [1.165, 1.54) is 19.3 Å². The topological polar surface area (TPSA) is 154 Å². The number of methoxy groups -OCH3 is 1. The van der Waals surface area contributed by atoms with E-state index in [-0.39, 0.29) is 30.5 Å². The summed E-state index contributed by atoms with van der Waals surface area (Å²) >= 11 is 0. The summed E-state index contributed by atoms with van der Waals surface area (Å²) in [4.78, 5) is 11.1. The summed E-state index contributed by atoms with van der Waals surface area (Å²) in [5.74, 6) is 4.89. The van der Waals surface area contributed by atoms with Gasteiger partial charge in [-0.05, 0) is 204 Å². The van der Waals surface area contributed by atoms with Gasteiger partial charge in [-0.15, -0.1) is 0 Å². The highest BCUT2D eigenvalue weighted by Crippen LogP contribution is 2.07. The standard InChI is InChI=1S/C11H23NO3.C9H20O2.C8H19N.C8H18O2.2C8H18O.2C7H16O.C6H14O/c1-9(2)8-15-11(13)12-6-5-7-14-10(3)4;1-7(2)9(10-5)6-11-8(3)4;1-7(2)5-6-9-8(3)4;1-6(2)8(9)5-10-7(3)4;2*1-7(2)5-6-9-8(3)4;2*1-6(2)5-8-7(3)4;1-5(2)7-6(3)4/h9-10H,5-8H2,1-4H3,(H,12,13);7-9H,6H2,1-5H3;7-9H,5-6H2,1-4H3;6-9H,5H2,1-4H3;2*7-8H,5-6H2,1-4H3;2*6-7H,5H2,1-4H3;5-6H,1-4H3. The van der Waals surface area contributed by atoms with Crippen molar-refractivity contribution in [3.05, 3.63) is 0 Å². The Kier molecular flexibility index (Phi) is 89.9. The number of aliphatic hydroxyl groups is 1. The van der Waals surface area contributed by atoms with Crippen molar-refractivity contribution in [3.8, 4) is 0 Å². The number of amides is 1. The van der Waals surface area contributed by atoms with Crippen molar-refractivity contribution in [1.82, 2.24) is 10.6 Å². The van der Waals surface area contributed by atoms with Crippen molar-refractivity contribution in [2.24, 2.45) is 47.3 Å². The van der Waals surface area contributed by atoms with Gasteiger partial charge in [0.05, 0.1) is 87.0 Å². The average Bonchev–Trinajstić information content (AvgIpc) is 3.34. The van der Waals surface area contributed by atoms with Crippen LogP contribution >= 0.6 is 0 Å². The van der Waals surface area contributed by atoms with E-state index in [2.05, 4.69) is 163 Å². The second-order valence-corrected chi connectivity index (χ2v) is 28.1. The zero-order valence-electron chi connectivity index (χ0n) is 64.9. The molecule has 0 aromatic carbocycles. The molecule has 0 aliphatic carbocycles. The number of rotatable bonds is 36. The molecule has 0 aliphatic rings. The van der Waals surface area contributed by atoms with E-state index >= 15 is 0 Å². The van der Waals surface area contributed by atoms with Crippen LogP contribution in [0.4, 0.5) is 4.79 Å². The van der Waals surface area contributed by atoms with Crippen LogP contribution in [-0.4, -0.2) is 157 Å². The van der Waals surface area contributed by atoms with Gasteiger partial charge in [-0.2, -0.15) is 0 Å². The number of nitrogens with one attached hydrogen (secondary N) is 2. The molecule has 0 saturated heterocycles. The zero-order chi connectivity index (χ0) is 69.5. The SMILES string of the molecule is CC(C)CCNC(C)C.CC(C)CCOC(C)C.CC(C)CCOC(C)C.CC(C)COC(=O)NCCCOC(C)C.CC(C)COC(C)C.CC(C)COC(C)C.CC(C)OC(C)C.CC(C)OCC(O)C(C)C.COC(COC(C)C)C(C)C. The van der Waals surface area contributed by atoms with Crippen LogP contribution in [0, 0.1) is 47.3 Å². The van der Waals surface area contributed by atoms with Crippen molar-refractivity contribution in [3.63, 3.8) is 0 Å². The third-order valence-electron chi connectivity index (χ3n) is 10.2. The second-order valence-electron chi connectivity index (χ2n) is 28.1. The number of aliphatic hydroxyl groups excluding tert-OH is 1. The maximum atomic E-state index is 11.1. The number of carbonyl (C=O) groups excluding carboxylic acids is 1. The van der Waals surface area contributed by atoms with E-state index in [1.807, 2.05) is 96.9 Å². The Morgan fingerprint density at radius 2 is 0.674 bits per heavy atom.